The van der Waals surface area contributed by atoms with Gasteiger partial charge >= 0.3 is 0 Å². The highest BCUT2D eigenvalue weighted by Gasteiger charge is 2.54. The van der Waals surface area contributed by atoms with Crippen molar-refractivity contribution < 1.29 is 14.4 Å². The van der Waals surface area contributed by atoms with Gasteiger partial charge in [0.1, 0.15) is 6.04 Å². The molecule has 0 radical (unpaired) electrons. The van der Waals surface area contributed by atoms with Gasteiger partial charge in [0, 0.05) is 29.3 Å². The molecule has 1 unspecified atom stereocenters. The molecule has 3 aliphatic rings. The Labute approximate surface area is 268 Å². The van der Waals surface area contributed by atoms with Gasteiger partial charge in [-0.15, -0.1) is 10.2 Å². The van der Waals surface area contributed by atoms with E-state index in [1.54, 1.807) is 4.90 Å². The first-order valence-corrected chi connectivity index (χ1v) is 16.2. The fourth-order valence-electron chi connectivity index (χ4n) is 7.28. The van der Waals surface area contributed by atoms with Gasteiger partial charge in [0.15, 0.2) is 5.82 Å². The van der Waals surface area contributed by atoms with Gasteiger partial charge < -0.3 is 20.9 Å². The van der Waals surface area contributed by atoms with Crippen molar-refractivity contribution in [2.75, 3.05) is 13.1 Å². The Morgan fingerprint density at radius 3 is 2.11 bits per heavy atom. The maximum atomic E-state index is 13.2. The quantitative estimate of drug-likeness (QED) is 0.250. The summed E-state index contributed by atoms with van der Waals surface area (Å²) in [5.74, 6) is 0.567. The molecule has 1 aliphatic heterocycles. The number of piperidine rings is 1. The number of amides is 3. The van der Waals surface area contributed by atoms with Crippen LogP contribution in [0.1, 0.15) is 95.8 Å². The average molecular weight is 624 g/mol. The summed E-state index contributed by atoms with van der Waals surface area (Å²) in [5, 5.41) is 34.5. The first-order valence-electron chi connectivity index (χ1n) is 16.2. The van der Waals surface area contributed by atoms with Crippen LogP contribution in [-0.2, 0) is 23.1 Å². The van der Waals surface area contributed by atoms with Crippen LogP contribution >= 0.6 is 0 Å². The number of likely N-dealkylation sites (tertiary alicyclic amines) is 1. The molecule has 3 amide bonds. The number of carbonyl (C=O) groups excluding carboxylic acids is 3. The van der Waals surface area contributed by atoms with Gasteiger partial charge in [0.05, 0.1) is 18.0 Å². The first kappa shape index (κ1) is 31.4. The third-order valence-electron chi connectivity index (χ3n) is 9.38. The van der Waals surface area contributed by atoms with E-state index in [1.165, 1.54) is 0 Å². The molecule has 1 aromatic heterocycles. The van der Waals surface area contributed by atoms with Gasteiger partial charge in [0.25, 0.3) is 11.8 Å². The van der Waals surface area contributed by atoms with Gasteiger partial charge in [-0.1, -0.05) is 17.3 Å². The largest absolute Gasteiger partial charge is 0.350 e. The van der Waals surface area contributed by atoms with Crippen molar-refractivity contribution in [1.29, 1.82) is 5.26 Å². The lowest BCUT2D eigenvalue weighted by Gasteiger charge is -2.34. The lowest BCUT2D eigenvalue weighted by atomic mass is 9.69. The van der Waals surface area contributed by atoms with Crippen molar-refractivity contribution in [2.24, 2.45) is 5.92 Å². The van der Waals surface area contributed by atoms with Crippen LogP contribution in [0.4, 0.5) is 0 Å². The second-order valence-electron chi connectivity index (χ2n) is 13.3. The molecule has 2 heterocycles. The number of rotatable bonds is 10. The number of nitrogens with one attached hydrogen (secondary N) is 4. The van der Waals surface area contributed by atoms with E-state index >= 15 is 0 Å². The number of H-pyrrole nitrogens is 1. The molecule has 3 atom stereocenters. The maximum Gasteiger partial charge on any atom is 0.251 e. The number of tetrazole rings is 1. The summed E-state index contributed by atoms with van der Waals surface area (Å²) < 4.78 is 0. The van der Waals surface area contributed by atoms with Crippen molar-refractivity contribution in [3.63, 3.8) is 0 Å². The number of aromatic nitrogens is 4. The summed E-state index contributed by atoms with van der Waals surface area (Å²) in [6.45, 7) is 8.26. The first-order chi connectivity index (χ1) is 22.1. The number of benzene rings is 2. The Balaban J connectivity index is 1.37. The zero-order valence-corrected chi connectivity index (χ0v) is 26.8. The van der Waals surface area contributed by atoms with E-state index in [9.17, 15) is 19.6 Å². The Morgan fingerprint density at radius 1 is 0.978 bits per heavy atom. The van der Waals surface area contributed by atoms with Crippen molar-refractivity contribution in [1.82, 2.24) is 41.5 Å². The van der Waals surface area contributed by atoms with Crippen LogP contribution < -0.4 is 16.0 Å². The third-order valence-corrected chi connectivity index (χ3v) is 9.38. The summed E-state index contributed by atoms with van der Waals surface area (Å²) in [7, 11) is 0. The summed E-state index contributed by atoms with van der Waals surface area (Å²) in [6.07, 6.45) is 3.49. The zero-order valence-electron chi connectivity index (χ0n) is 26.8. The number of aromatic amines is 1. The molecule has 2 aromatic carbocycles. The lowest BCUT2D eigenvalue weighted by molar-refractivity contribution is -0.131. The average Bonchev–Trinajstić information content (AvgIpc) is 3.41. The van der Waals surface area contributed by atoms with Gasteiger partial charge in [-0.25, -0.2) is 0 Å². The van der Waals surface area contributed by atoms with E-state index in [0.29, 0.717) is 48.7 Å². The molecule has 1 saturated heterocycles. The van der Waals surface area contributed by atoms with E-state index < -0.39 is 5.41 Å². The van der Waals surface area contributed by atoms with Gasteiger partial charge in [-0.2, -0.15) is 10.5 Å². The standard InChI is InChI=1S/C34H41N9O3/c1-19(2)37-31(45)23-7-9-27-21(13-23)5-6-22-14-24(32(46)38-20(3)4)8-10-28(22)34(27,33-39-41-42-40-33)11-12-36-18-30(44)43-26(17-35)15-25-16-29(25)43/h7-10,13-14,19-20,25-26,29,36H,5-6,11-12,15-16,18H2,1-4H3,(H,37,45)(H,38,46)(H,39,40,41,42)/t25-,26?,29+/m1/s1. The Kier molecular flexibility index (Phi) is 8.61. The van der Waals surface area contributed by atoms with Crippen molar-refractivity contribution in [3.05, 3.63) is 75.6 Å². The topological polar surface area (TPSA) is 169 Å². The number of carbonyl (C=O) groups is 3. The molecule has 12 nitrogen and oxygen atoms in total. The molecule has 240 valence electrons. The van der Waals surface area contributed by atoms with E-state index in [2.05, 4.69) is 42.6 Å². The van der Waals surface area contributed by atoms with E-state index in [0.717, 1.165) is 35.1 Å². The monoisotopic (exact) mass is 623 g/mol. The molecule has 12 heteroatoms. The molecular formula is C34H41N9O3. The van der Waals surface area contributed by atoms with E-state index in [-0.39, 0.29) is 48.4 Å². The SMILES string of the molecule is CC(C)NC(=O)c1ccc2c(c1)CCc1cc(C(=O)NC(C)C)ccc1C2(CCNCC(=O)N1C(C#N)C[C@@H]2C[C@@H]21)c1nn[nH]n1. The minimum atomic E-state index is -0.894. The number of hydrogen-bond donors (Lipinski definition) is 4. The van der Waals surface area contributed by atoms with Crippen LogP contribution in [0.5, 0.6) is 0 Å². The number of aryl methyl sites for hydroxylation is 2. The van der Waals surface area contributed by atoms with E-state index in [4.69, 9.17) is 0 Å². The minimum absolute atomic E-state index is 0.00650. The normalized spacial score (nSPS) is 20.7. The molecule has 6 rings (SSSR count). The van der Waals surface area contributed by atoms with Crippen LogP contribution in [-0.4, -0.2) is 80.5 Å². The zero-order chi connectivity index (χ0) is 32.6. The van der Waals surface area contributed by atoms with Crippen LogP contribution in [0.15, 0.2) is 36.4 Å². The predicted molar refractivity (Wildman–Crippen MR) is 170 cm³/mol. The van der Waals surface area contributed by atoms with Crippen LogP contribution in [0, 0.1) is 17.2 Å². The highest BCUT2D eigenvalue weighted by Crippen LogP contribution is 2.48. The molecule has 1 saturated carbocycles. The number of nitrogens with zero attached hydrogens (tertiary/aromatic N) is 5. The van der Waals surface area contributed by atoms with Gasteiger partial charge in [0.2, 0.25) is 5.91 Å². The molecular weight excluding hydrogens is 582 g/mol. The maximum absolute atomic E-state index is 13.2. The fourth-order valence-corrected chi connectivity index (χ4v) is 7.28. The Bertz CT molecular complexity index is 1600. The van der Waals surface area contributed by atoms with Crippen molar-refractivity contribution in [2.45, 2.75) is 89.4 Å². The predicted octanol–water partition coefficient (Wildman–Crippen LogP) is 2.40. The molecule has 0 bridgehead atoms. The summed E-state index contributed by atoms with van der Waals surface area (Å²) in [5.41, 5.74) is 4.10. The number of hydrogen-bond acceptors (Lipinski definition) is 8. The highest BCUT2D eigenvalue weighted by molar-refractivity contribution is 5.95. The Hall–Kier alpha value is -4.63. The van der Waals surface area contributed by atoms with Crippen LogP contribution in [0.2, 0.25) is 0 Å². The smallest absolute Gasteiger partial charge is 0.251 e. The van der Waals surface area contributed by atoms with E-state index in [1.807, 2.05) is 64.1 Å². The molecule has 3 aromatic rings. The van der Waals surface area contributed by atoms with Gasteiger partial charge in [-0.05, 0) is 119 Å². The Morgan fingerprint density at radius 2 is 1.59 bits per heavy atom. The second-order valence-corrected chi connectivity index (χ2v) is 13.3. The molecule has 2 aliphatic carbocycles. The third kappa shape index (κ3) is 5.87. The number of fused-ring (bicyclic) bond motifs is 3. The van der Waals surface area contributed by atoms with Crippen molar-refractivity contribution in [3.8, 4) is 6.07 Å². The van der Waals surface area contributed by atoms with Crippen LogP contribution in [0.3, 0.4) is 0 Å². The molecule has 46 heavy (non-hydrogen) atoms. The molecule has 0 spiro atoms. The fraction of sp³-hybridized carbons (Fsp3) is 0.500. The molecule has 2 fully saturated rings. The lowest BCUT2D eigenvalue weighted by Crippen LogP contribution is -2.44. The molecule has 4 N–H and O–H groups in total. The highest BCUT2D eigenvalue weighted by atomic mass is 16.2. The minimum Gasteiger partial charge on any atom is -0.350 e. The number of nitriles is 1. The van der Waals surface area contributed by atoms with Crippen molar-refractivity contribution >= 4 is 17.7 Å². The summed E-state index contributed by atoms with van der Waals surface area (Å²) >= 11 is 0. The summed E-state index contributed by atoms with van der Waals surface area (Å²) in [4.78, 5) is 41.0. The van der Waals surface area contributed by atoms with Crippen LogP contribution in [0.25, 0.3) is 0 Å². The second kappa shape index (κ2) is 12.6. The van der Waals surface area contributed by atoms with Gasteiger partial charge in [-0.3, -0.25) is 14.4 Å². The summed E-state index contributed by atoms with van der Waals surface area (Å²) in [6, 6.07) is 13.6.